The molecule has 112 valence electrons. The van der Waals surface area contributed by atoms with Crippen LogP contribution in [0.5, 0.6) is 0 Å². The number of likely N-dealkylation sites (tertiary alicyclic amines) is 1. The number of morpholine rings is 1. The molecule has 2 aliphatic rings. The van der Waals surface area contributed by atoms with Gasteiger partial charge in [-0.2, -0.15) is 0 Å². The van der Waals surface area contributed by atoms with Crippen molar-refractivity contribution < 1.29 is 9.53 Å². The molecular formula is C16H20N2O2S. The molecule has 3 atom stereocenters. The maximum atomic E-state index is 12.8. The van der Waals surface area contributed by atoms with Crippen LogP contribution in [0.15, 0.2) is 30.3 Å². The quantitative estimate of drug-likeness (QED) is 0.857. The molecule has 1 amide bonds. The predicted octanol–water partition coefficient (Wildman–Crippen LogP) is 1.52. The average molecular weight is 304 g/mol. The molecule has 2 N–H and O–H groups in total. The number of carbonyl (C=O) groups is 1. The third-order valence-corrected chi connectivity index (χ3v) is 4.56. The summed E-state index contributed by atoms with van der Waals surface area (Å²) >= 11 is 5.14. The second-order valence-electron chi connectivity index (χ2n) is 5.85. The van der Waals surface area contributed by atoms with E-state index in [2.05, 4.69) is 0 Å². The maximum absolute atomic E-state index is 12.8. The van der Waals surface area contributed by atoms with Gasteiger partial charge >= 0.3 is 0 Å². The molecule has 0 saturated carbocycles. The average Bonchev–Trinajstić information content (AvgIpc) is 2.83. The number of ether oxygens (including phenoxy) is 1. The first-order chi connectivity index (χ1) is 10.1. The molecule has 2 saturated heterocycles. The summed E-state index contributed by atoms with van der Waals surface area (Å²) in [5, 5.41) is 0. The fraction of sp³-hybridized carbons (Fsp3) is 0.500. The molecule has 0 aliphatic carbocycles. The third-order valence-electron chi connectivity index (χ3n) is 4.28. The highest BCUT2D eigenvalue weighted by molar-refractivity contribution is 7.80. The summed E-state index contributed by atoms with van der Waals surface area (Å²) in [4.78, 5) is 14.9. The van der Waals surface area contributed by atoms with Gasteiger partial charge in [0.2, 0.25) is 5.91 Å². The van der Waals surface area contributed by atoms with Crippen LogP contribution in [-0.4, -0.2) is 41.1 Å². The Morgan fingerprint density at radius 3 is 2.48 bits per heavy atom. The largest absolute Gasteiger partial charge is 0.393 e. The van der Waals surface area contributed by atoms with Crippen LogP contribution in [0.2, 0.25) is 0 Å². The monoisotopic (exact) mass is 304 g/mol. The van der Waals surface area contributed by atoms with Gasteiger partial charge < -0.3 is 15.4 Å². The molecule has 3 unspecified atom stereocenters. The number of carbonyl (C=O) groups excluding carboxylic acids is 1. The van der Waals surface area contributed by atoms with Gasteiger partial charge in [-0.15, -0.1) is 0 Å². The van der Waals surface area contributed by atoms with E-state index < -0.39 is 5.92 Å². The van der Waals surface area contributed by atoms with Crippen LogP contribution < -0.4 is 5.73 Å². The van der Waals surface area contributed by atoms with Crippen LogP contribution in [0, 0.1) is 5.92 Å². The molecule has 1 aromatic carbocycles. The molecule has 21 heavy (non-hydrogen) atoms. The summed E-state index contributed by atoms with van der Waals surface area (Å²) in [6.07, 6.45) is 3.05. The molecule has 0 spiro atoms. The van der Waals surface area contributed by atoms with E-state index in [1.807, 2.05) is 35.2 Å². The van der Waals surface area contributed by atoms with E-state index in [4.69, 9.17) is 22.7 Å². The first-order valence-electron chi connectivity index (χ1n) is 7.41. The van der Waals surface area contributed by atoms with Gasteiger partial charge in [-0.25, -0.2) is 0 Å². The number of benzene rings is 1. The van der Waals surface area contributed by atoms with Crippen LogP contribution in [-0.2, 0) is 16.0 Å². The Balaban J connectivity index is 1.71. The Kier molecular flexibility index (Phi) is 4.22. The van der Waals surface area contributed by atoms with E-state index in [9.17, 15) is 4.79 Å². The molecule has 4 nitrogen and oxygen atoms in total. The molecule has 2 fully saturated rings. The number of fused-ring (bicyclic) bond motifs is 2. The first-order valence-corrected chi connectivity index (χ1v) is 7.82. The van der Waals surface area contributed by atoms with Crippen LogP contribution in [0.3, 0.4) is 0 Å². The van der Waals surface area contributed by atoms with Gasteiger partial charge in [0.15, 0.2) is 0 Å². The van der Waals surface area contributed by atoms with Crippen molar-refractivity contribution >= 4 is 23.1 Å². The second kappa shape index (κ2) is 6.12. The molecule has 3 rings (SSSR count). The maximum Gasteiger partial charge on any atom is 0.233 e. The highest BCUT2D eigenvalue weighted by Crippen LogP contribution is 2.27. The van der Waals surface area contributed by atoms with Gasteiger partial charge in [0.25, 0.3) is 0 Å². The van der Waals surface area contributed by atoms with Crippen molar-refractivity contribution in [3.8, 4) is 0 Å². The number of amides is 1. The van der Waals surface area contributed by atoms with Gasteiger partial charge in [0, 0.05) is 13.1 Å². The van der Waals surface area contributed by atoms with Crippen molar-refractivity contribution in [2.75, 3.05) is 13.1 Å². The minimum Gasteiger partial charge on any atom is -0.393 e. The lowest BCUT2D eigenvalue weighted by Crippen LogP contribution is -2.50. The lowest BCUT2D eigenvalue weighted by molar-refractivity contribution is -0.142. The van der Waals surface area contributed by atoms with Gasteiger partial charge in [-0.1, -0.05) is 42.5 Å². The Hall–Kier alpha value is -1.46. The standard InChI is InChI=1S/C16H20N2O2S/c17-15(21)14(8-11-4-2-1-3-5-11)16(19)18-9-12-6-7-13(10-18)20-12/h1-5,12-14H,6-10H2,(H2,17,21). The fourth-order valence-corrected chi connectivity index (χ4v) is 3.36. The second-order valence-corrected chi connectivity index (χ2v) is 6.32. The Morgan fingerprint density at radius 1 is 1.29 bits per heavy atom. The SMILES string of the molecule is NC(=S)C(Cc1ccccc1)C(=O)N1CC2CCC(C1)O2. The molecular weight excluding hydrogens is 284 g/mol. The van der Waals surface area contributed by atoms with Gasteiger partial charge in [0.1, 0.15) is 0 Å². The van der Waals surface area contributed by atoms with Crippen LogP contribution >= 0.6 is 12.2 Å². The predicted molar refractivity (Wildman–Crippen MR) is 84.9 cm³/mol. The van der Waals surface area contributed by atoms with Gasteiger partial charge in [0.05, 0.1) is 23.1 Å². The fourth-order valence-electron chi connectivity index (χ4n) is 3.17. The normalized spacial score (nSPS) is 25.6. The van der Waals surface area contributed by atoms with Crippen LogP contribution in [0.4, 0.5) is 0 Å². The number of hydrogen-bond donors (Lipinski definition) is 1. The van der Waals surface area contributed by atoms with Gasteiger partial charge in [-0.3, -0.25) is 4.79 Å². The summed E-state index contributed by atoms with van der Waals surface area (Å²) in [6, 6.07) is 9.89. The highest BCUT2D eigenvalue weighted by atomic mass is 32.1. The molecule has 1 aromatic rings. The molecule has 5 heteroatoms. The highest BCUT2D eigenvalue weighted by Gasteiger charge is 2.38. The number of rotatable bonds is 4. The van der Waals surface area contributed by atoms with Crippen LogP contribution in [0.25, 0.3) is 0 Å². The summed E-state index contributed by atoms with van der Waals surface area (Å²) in [7, 11) is 0. The molecule has 2 aliphatic heterocycles. The first kappa shape index (κ1) is 14.5. The molecule has 2 bridgehead atoms. The van der Waals surface area contributed by atoms with E-state index >= 15 is 0 Å². The molecule has 2 heterocycles. The number of thiocarbonyl (C=S) groups is 1. The lowest BCUT2D eigenvalue weighted by atomic mass is 9.97. The minimum absolute atomic E-state index is 0.0477. The zero-order chi connectivity index (χ0) is 14.8. The summed E-state index contributed by atoms with van der Waals surface area (Å²) in [5.74, 6) is -0.369. The van der Waals surface area contributed by atoms with Gasteiger partial charge in [-0.05, 0) is 24.8 Å². The number of nitrogens with zero attached hydrogens (tertiary/aromatic N) is 1. The van der Waals surface area contributed by atoms with Crippen molar-refractivity contribution in [2.45, 2.75) is 31.5 Å². The Morgan fingerprint density at radius 2 is 1.90 bits per heavy atom. The van der Waals surface area contributed by atoms with Crippen molar-refractivity contribution in [3.05, 3.63) is 35.9 Å². The van der Waals surface area contributed by atoms with Crippen molar-refractivity contribution in [1.29, 1.82) is 0 Å². The summed E-state index contributed by atoms with van der Waals surface area (Å²) in [5.41, 5.74) is 6.91. The number of hydrogen-bond acceptors (Lipinski definition) is 3. The molecule has 0 aromatic heterocycles. The third kappa shape index (κ3) is 3.24. The minimum atomic E-state index is -0.417. The van der Waals surface area contributed by atoms with E-state index in [1.54, 1.807) is 0 Å². The summed E-state index contributed by atoms with van der Waals surface area (Å²) < 4.78 is 5.78. The number of nitrogens with two attached hydrogens (primary N) is 1. The van der Waals surface area contributed by atoms with E-state index in [0.717, 1.165) is 18.4 Å². The molecule has 0 radical (unpaired) electrons. The topological polar surface area (TPSA) is 55.6 Å². The lowest BCUT2D eigenvalue weighted by Gasteiger charge is -2.34. The van der Waals surface area contributed by atoms with E-state index in [1.165, 1.54) is 0 Å². The summed E-state index contributed by atoms with van der Waals surface area (Å²) in [6.45, 7) is 1.34. The zero-order valence-corrected chi connectivity index (χ0v) is 12.7. The van der Waals surface area contributed by atoms with Crippen molar-refractivity contribution in [2.24, 2.45) is 11.7 Å². The Labute approximate surface area is 130 Å². The smallest absolute Gasteiger partial charge is 0.233 e. The van der Waals surface area contributed by atoms with Crippen molar-refractivity contribution in [1.82, 2.24) is 4.90 Å². The van der Waals surface area contributed by atoms with E-state index in [-0.39, 0.29) is 23.1 Å². The van der Waals surface area contributed by atoms with E-state index in [0.29, 0.717) is 19.5 Å². The Bertz CT molecular complexity index is 522. The van der Waals surface area contributed by atoms with Crippen LogP contribution in [0.1, 0.15) is 18.4 Å². The zero-order valence-electron chi connectivity index (χ0n) is 11.9. The van der Waals surface area contributed by atoms with Crippen molar-refractivity contribution in [3.63, 3.8) is 0 Å².